The van der Waals surface area contributed by atoms with Crippen molar-refractivity contribution in [1.29, 1.82) is 0 Å². The molecule has 2 rings (SSSR count). The molecule has 0 N–H and O–H groups in total. The maximum absolute atomic E-state index is 2.60. The highest BCUT2D eigenvalue weighted by molar-refractivity contribution is 5.53. The predicted molar refractivity (Wildman–Crippen MR) is 159 cm³/mol. The molecule has 0 nitrogen and oxygen atoms in total. The van der Waals surface area contributed by atoms with Gasteiger partial charge in [0, 0.05) is 5.92 Å². The Labute approximate surface area is 219 Å². The molecule has 0 heterocycles. The van der Waals surface area contributed by atoms with Gasteiger partial charge < -0.3 is 0 Å². The summed E-state index contributed by atoms with van der Waals surface area (Å²) in [5.74, 6) is 0.377. The van der Waals surface area contributed by atoms with E-state index < -0.39 is 0 Å². The average molecular weight is 477 g/mol. The smallest absolute Gasteiger partial charge is 0.00927 e. The summed E-state index contributed by atoms with van der Waals surface area (Å²) >= 11 is 0. The second kappa shape index (κ2) is 9.39. The van der Waals surface area contributed by atoms with E-state index in [1.807, 2.05) is 0 Å². The van der Waals surface area contributed by atoms with Gasteiger partial charge in [-0.25, -0.2) is 0 Å². The molecule has 0 aliphatic heterocycles. The first-order valence-electron chi connectivity index (χ1n) is 13.8. The van der Waals surface area contributed by atoms with Crippen LogP contribution in [0.2, 0.25) is 0 Å². The molecule has 2 aromatic rings. The molecule has 0 aliphatic rings. The monoisotopic (exact) mass is 476 g/mol. The van der Waals surface area contributed by atoms with Crippen molar-refractivity contribution in [3.8, 4) is 0 Å². The Morgan fingerprint density at radius 1 is 0.457 bits per heavy atom. The van der Waals surface area contributed by atoms with Gasteiger partial charge in [0.1, 0.15) is 0 Å². The van der Waals surface area contributed by atoms with Crippen molar-refractivity contribution < 1.29 is 0 Å². The van der Waals surface area contributed by atoms with Crippen molar-refractivity contribution in [2.24, 2.45) is 0 Å². The third kappa shape index (κ3) is 6.61. The zero-order valence-electron chi connectivity index (χ0n) is 26.2. The zero-order valence-corrected chi connectivity index (χ0v) is 26.2. The average Bonchev–Trinajstić information content (AvgIpc) is 2.64. The SMILES string of the molecule is CCC(c1ccc(C(C)(C)C)cc1C(C)(C)C)c1cc(C(C)(C)C)c(C(C)(C)C)cc1C(C)(C)C. The van der Waals surface area contributed by atoms with Gasteiger partial charge in [-0.1, -0.05) is 141 Å². The van der Waals surface area contributed by atoms with E-state index in [2.05, 4.69) is 141 Å². The van der Waals surface area contributed by atoms with E-state index >= 15 is 0 Å². The summed E-state index contributed by atoms with van der Waals surface area (Å²) in [5, 5.41) is 0. The highest BCUT2D eigenvalue weighted by atomic mass is 14.4. The van der Waals surface area contributed by atoms with Crippen LogP contribution >= 0.6 is 0 Å². The molecule has 1 atom stereocenters. The molecule has 196 valence electrons. The number of benzene rings is 2. The van der Waals surface area contributed by atoms with Crippen LogP contribution in [0.3, 0.4) is 0 Å². The van der Waals surface area contributed by atoms with Crippen molar-refractivity contribution in [1.82, 2.24) is 0 Å². The summed E-state index contributed by atoms with van der Waals surface area (Å²) in [5.41, 5.74) is 10.9. The highest BCUT2D eigenvalue weighted by Gasteiger charge is 2.33. The summed E-state index contributed by atoms with van der Waals surface area (Å²) in [7, 11) is 0. The van der Waals surface area contributed by atoms with Crippen LogP contribution in [0.4, 0.5) is 0 Å². The number of hydrogen-bond acceptors (Lipinski definition) is 0. The minimum absolute atomic E-state index is 0.0758. The van der Waals surface area contributed by atoms with E-state index in [-0.39, 0.29) is 27.1 Å². The van der Waals surface area contributed by atoms with Crippen molar-refractivity contribution in [2.75, 3.05) is 0 Å². The normalized spacial score (nSPS) is 14.9. The number of hydrogen-bond donors (Lipinski definition) is 0. The molecule has 1 unspecified atom stereocenters. The van der Waals surface area contributed by atoms with Crippen LogP contribution < -0.4 is 0 Å². The van der Waals surface area contributed by atoms with Crippen LogP contribution in [0.5, 0.6) is 0 Å². The van der Waals surface area contributed by atoms with E-state index in [4.69, 9.17) is 0 Å². The Balaban J connectivity index is 3.00. The molecule has 0 amide bonds. The highest BCUT2D eigenvalue weighted by Crippen LogP contribution is 2.45. The van der Waals surface area contributed by atoms with Crippen LogP contribution in [0.1, 0.15) is 162 Å². The van der Waals surface area contributed by atoms with Gasteiger partial charge in [0.05, 0.1) is 0 Å². The van der Waals surface area contributed by atoms with Crippen LogP contribution in [0, 0.1) is 0 Å². The van der Waals surface area contributed by atoms with E-state index in [1.165, 1.54) is 38.9 Å². The van der Waals surface area contributed by atoms with E-state index in [0.717, 1.165) is 6.42 Å². The molecule has 0 aromatic heterocycles. The summed E-state index contributed by atoms with van der Waals surface area (Å²) in [6, 6.07) is 12.5. The van der Waals surface area contributed by atoms with Crippen LogP contribution in [0.15, 0.2) is 30.3 Å². The van der Waals surface area contributed by atoms with Crippen molar-refractivity contribution >= 4 is 0 Å². The van der Waals surface area contributed by atoms with Gasteiger partial charge in [-0.3, -0.25) is 0 Å². The Morgan fingerprint density at radius 3 is 1.23 bits per heavy atom. The molecular formula is C35H56. The lowest BCUT2D eigenvalue weighted by Crippen LogP contribution is -2.27. The molecule has 0 saturated carbocycles. The Kier molecular flexibility index (Phi) is 7.96. The molecule has 0 bridgehead atoms. The Bertz CT molecular complexity index is 1030. The molecule has 0 fully saturated rings. The van der Waals surface area contributed by atoms with Crippen molar-refractivity contribution in [2.45, 2.75) is 150 Å². The molecule has 0 spiro atoms. The summed E-state index contributed by atoms with van der Waals surface area (Å²) in [6.07, 6.45) is 1.10. The number of rotatable bonds is 3. The van der Waals surface area contributed by atoms with E-state index in [0.29, 0.717) is 5.92 Å². The van der Waals surface area contributed by atoms with Gasteiger partial charge in [0.2, 0.25) is 0 Å². The van der Waals surface area contributed by atoms with Crippen molar-refractivity contribution in [3.63, 3.8) is 0 Å². The standard InChI is InChI=1S/C35H56/c1-17-24(25-19-18-23(31(2,3)4)20-27(25)32(5,6)7)26-21-29(34(11,12)13)30(35(14,15)16)22-28(26)33(8,9)10/h18-22,24H,17H2,1-16H3. The van der Waals surface area contributed by atoms with Gasteiger partial charge in [0.15, 0.2) is 0 Å². The third-order valence-electron chi connectivity index (χ3n) is 7.50. The molecule has 0 aliphatic carbocycles. The molecule has 0 heteroatoms. The first-order valence-corrected chi connectivity index (χ1v) is 13.8. The fourth-order valence-electron chi connectivity index (χ4n) is 5.38. The topological polar surface area (TPSA) is 0 Å². The Morgan fingerprint density at radius 2 is 0.857 bits per heavy atom. The van der Waals surface area contributed by atoms with Gasteiger partial charge in [-0.2, -0.15) is 0 Å². The maximum Gasteiger partial charge on any atom is 0.00927 e. The predicted octanol–water partition coefficient (Wildman–Crippen LogP) is 10.7. The lowest BCUT2D eigenvalue weighted by molar-refractivity contribution is 0.516. The minimum Gasteiger partial charge on any atom is -0.0645 e. The fraction of sp³-hybridized carbons (Fsp3) is 0.657. The lowest BCUT2D eigenvalue weighted by atomic mass is 9.67. The first kappa shape index (κ1) is 29.7. The van der Waals surface area contributed by atoms with Gasteiger partial charge in [-0.05, 0) is 72.4 Å². The molecule has 0 saturated heterocycles. The molecule has 35 heavy (non-hydrogen) atoms. The Hall–Kier alpha value is -1.56. The second-order valence-electron chi connectivity index (χ2n) is 16.0. The van der Waals surface area contributed by atoms with Crippen molar-refractivity contribution in [3.05, 3.63) is 69.3 Å². The summed E-state index contributed by atoms with van der Waals surface area (Å²) in [6.45, 7) is 37.8. The van der Waals surface area contributed by atoms with Crippen LogP contribution in [-0.4, -0.2) is 0 Å². The summed E-state index contributed by atoms with van der Waals surface area (Å²) < 4.78 is 0. The molecule has 2 aromatic carbocycles. The maximum atomic E-state index is 2.60. The van der Waals surface area contributed by atoms with Gasteiger partial charge >= 0.3 is 0 Å². The second-order valence-corrected chi connectivity index (χ2v) is 16.0. The van der Waals surface area contributed by atoms with E-state index in [9.17, 15) is 0 Å². The minimum atomic E-state index is 0.0758. The van der Waals surface area contributed by atoms with Gasteiger partial charge in [-0.15, -0.1) is 0 Å². The quantitative estimate of drug-likeness (QED) is 0.413. The zero-order chi connectivity index (χ0) is 27.4. The lowest BCUT2D eigenvalue weighted by Gasteiger charge is -2.37. The largest absolute Gasteiger partial charge is 0.0645 e. The third-order valence-corrected chi connectivity index (χ3v) is 7.50. The van der Waals surface area contributed by atoms with Crippen LogP contribution in [0.25, 0.3) is 0 Å². The summed E-state index contributed by atoms with van der Waals surface area (Å²) in [4.78, 5) is 0. The molecular weight excluding hydrogens is 420 g/mol. The van der Waals surface area contributed by atoms with Crippen LogP contribution in [-0.2, 0) is 27.1 Å². The fourth-order valence-corrected chi connectivity index (χ4v) is 5.38. The molecule has 0 radical (unpaired) electrons. The van der Waals surface area contributed by atoms with E-state index in [1.54, 1.807) is 0 Å². The van der Waals surface area contributed by atoms with Gasteiger partial charge in [0.25, 0.3) is 0 Å². The first-order chi connectivity index (χ1) is 15.5.